The van der Waals surface area contributed by atoms with Crippen molar-refractivity contribution in [2.24, 2.45) is 0 Å². The summed E-state index contributed by atoms with van der Waals surface area (Å²) in [7, 11) is 0. The molecular formula is C15H14N4. The lowest BCUT2D eigenvalue weighted by Gasteiger charge is -2.07. The zero-order chi connectivity index (χ0) is 12.8. The highest BCUT2D eigenvalue weighted by Crippen LogP contribution is 2.44. The monoisotopic (exact) mass is 250 g/mol. The first-order valence-electron chi connectivity index (χ1n) is 6.52. The van der Waals surface area contributed by atoms with E-state index in [1.54, 1.807) is 0 Å². The summed E-state index contributed by atoms with van der Waals surface area (Å²) in [4.78, 5) is 11.9. The van der Waals surface area contributed by atoms with Gasteiger partial charge in [0.15, 0.2) is 0 Å². The van der Waals surface area contributed by atoms with Crippen LogP contribution in [-0.4, -0.2) is 15.0 Å². The maximum atomic E-state index is 5.77. The Morgan fingerprint density at radius 2 is 2.05 bits per heavy atom. The van der Waals surface area contributed by atoms with Crippen LogP contribution in [0.5, 0.6) is 0 Å². The molecule has 94 valence electrons. The second-order valence-corrected chi connectivity index (χ2v) is 5.05. The lowest BCUT2D eigenvalue weighted by atomic mass is 10.0. The van der Waals surface area contributed by atoms with E-state index in [1.807, 2.05) is 24.5 Å². The van der Waals surface area contributed by atoms with Gasteiger partial charge < -0.3 is 10.7 Å². The molecule has 1 aliphatic rings. The third-order valence-electron chi connectivity index (χ3n) is 3.70. The Morgan fingerprint density at radius 1 is 1.21 bits per heavy atom. The van der Waals surface area contributed by atoms with Crippen LogP contribution in [0.25, 0.3) is 22.2 Å². The predicted molar refractivity (Wildman–Crippen MR) is 75.7 cm³/mol. The number of hydrogen-bond donors (Lipinski definition) is 2. The molecule has 0 aliphatic heterocycles. The molecule has 1 aliphatic carbocycles. The highest BCUT2D eigenvalue weighted by Gasteiger charge is 2.28. The molecule has 0 bridgehead atoms. The molecule has 1 saturated carbocycles. The topological polar surface area (TPSA) is 67.6 Å². The van der Waals surface area contributed by atoms with Gasteiger partial charge in [0.2, 0.25) is 5.95 Å². The summed E-state index contributed by atoms with van der Waals surface area (Å²) in [6, 6.07) is 8.25. The summed E-state index contributed by atoms with van der Waals surface area (Å²) in [6.45, 7) is 0. The van der Waals surface area contributed by atoms with Crippen LogP contribution in [0.15, 0.2) is 36.7 Å². The molecular weight excluding hydrogens is 236 g/mol. The zero-order valence-electron chi connectivity index (χ0n) is 10.4. The predicted octanol–water partition coefficient (Wildman–Crippen LogP) is 3.08. The number of nitrogen functional groups attached to an aromatic ring is 1. The van der Waals surface area contributed by atoms with Crippen LogP contribution in [0.2, 0.25) is 0 Å². The van der Waals surface area contributed by atoms with Gasteiger partial charge in [0.1, 0.15) is 0 Å². The number of H-pyrrole nitrogens is 1. The van der Waals surface area contributed by atoms with Crippen LogP contribution < -0.4 is 5.73 Å². The average molecular weight is 250 g/mol. The number of nitrogens with two attached hydrogens (primary N) is 1. The van der Waals surface area contributed by atoms with E-state index in [4.69, 9.17) is 5.73 Å². The van der Waals surface area contributed by atoms with Crippen molar-refractivity contribution in [1.82, 2.24) is 15.0 Å². The molecule has 19 heavy (non-hydrogen) atoms. The lowest BCUT2D eigenvalue weighted by molar-refractivity contribution is 1.05. The number of aromatic amines is 1. The van der Waals surface area contributed by atoms with Gasteiger partial charge in [-0.1, -0.05) is 18.2 Å². The fourth-order valence-electron chi connectivity index (χ4n) is 2.58. The van der Waals surface area contributed by atoms with Crippen molar-refractivity contribution in [2.45, 2.75) is 18.8 Å². The van der Waals surface area contributed by atoms with Gasteiger partial charge in [-0.15, -0.1) is 0 Å². The number of fused-ring (bicyclic) bond motifs is 1. The van der Waals surface area contributed by atoms with Crippen molar-refractivity contribution in [2.75, 3.05) is 5.73 Å². The lowest BCUT2D eigenvalue weighted by Crippen LogP contribution is -1.99. The van der Waals surface area contributed by atoms with Crippen LogP contribution in [-0.2, 0) is 0 Å². The summed E-state index contributed by atoms with van der Waals surface area (Å²) in [5.41, 5.74) is 10.2. The van der Waals surface area contributed by atoms with E-state index in [9.17, 15) is 0 Å². The van der Waals surface area contributed by atoms with E-state index < -0.39 is 0 Å². The number of hydrogen-bond acceptors (Lipinski definition) is 3. The zero-order valence-corrected chi connectivity index (χ0v) is 10.4. The fourth-order valence-corrected chi connectivity index (χ4v) is 2.58. The number of benzene rings is 1. The van der Waals surface area contributed by atoms with Gasteiger partial charge in [-0.2, -0.15) is 0 Å². The van der Waals surface area contributed by atoms with E-state index >= 15 is 0 Å². The van der Waals surface area contributed by atoms with E-state index in [1.165, 1.54) is 23.8 Å². The standard InChI is InChI=1S/C15H14N4/c16-15-18-7-11(9-5-6-9)14(19-15)12-8-17-13-4-2-1-3-10(12)13/h1-4,7-9,17H,5-6H2,(H2,16,18,19). The van der Waals surface area contributed by atoms with Crippen molar-refractivity contribution in [3.05, 3.63) is 42.2 Å². The van der Waals surface area contributed by atoms with Crippen molar-refractivity contribution in [3.63, 3.8) is 0 Å². The second kappa shape index (κ2) is 3.82. The summed E-state index contributed by atoms with van der Waals surface area (Å²) < 4.78 is 0. The van der Waals surface area contributed by atoms with Gasteiger partial charge in [-0.25, -0.2) is 9.97 Å². The number of rotatable bonds is 2. The number of nitrogens with zero attached hydrogens (tertiary/aromatic N) is 2. The van der Waals surface area contributed by atoms with Gasteiger partial charge in [0.25, 0.3) is 0 Å². The third kappa shape index (κ3) is 1.68. The second-order valence-electron chi connectivity index (χ2n) is 5.05. The maximum Gasteiger partial charge on any atom is 0.220 e. The Labute approximate surface area is 110 Å². The Morgan fingerprint density at radius 3 is 2.89 bits per heavy atom. The quantitative estimate of drug-likeness (QED) is 0.734. The number of anilines is 1. The molecule has 3 N–H and O–H groups in total. The van der Waals surface area contributed by atoms with E-state index in [0.717, 1.165) is 16.8 Å². The highest BCUT2D eigenvalue weighted by atomic mass is 15.0. The molecule has 2 aromatic heterocycles. The van der Waals surface area contributed by atoms with Crippen LogP contribution >= 0.6 is 0 Å². The first-order valence-corrected chi connectivity index (χ1v) is 6.52. The maximum absolute atomic E-state index is 5.77. The molecule has 0 saturated heterocycles. The van der Waals surface area contributed by atoms with Crippen LogP contribution in [0.1, 0.15) is 24.3 Å². The molecule has 0 amide bonds. The Kier molecular flexibility index (Phi) is 2.12. The Hall–Kier alpha value is -2.36. The van der Waals surface area contributed by atoms with Gasteiger partial charge in [0.05, 0.1) is 5.69 Å². The van der Waals surface area contributed by atoms with Crippen molar-refractivity contribution in [3.8, 4) is 11.3 Å². The summed E-state index contributed by atoms with van der Waals surface area (Å²) in [5, 5.41) is 1.18. The SMILES string of the molecule is Nc1ncc(C2CC2)c(-c2c[nH]c3ccccc23)n1. The molecule has 1 fully saturated rings. The minimum Gasteiger partial charge on any atom is -0.368 e. The fraction of sp³-hybridized carbons (Fsp3) is 0.200. The molecule has 0 unspecified atom stereocenters. The molecule has 3 aromatic rings. The van der Waals surface area contributed by atoms with Crippen LogP contribution in [0, 0.1) is 0 Å². The van der Waals surface area contributed by atoms with Gasteiger partial charge in [0, 0.05) is 34.4 Å². The number of nitrogens with one attached hydrogen (secondary N) is 1. The average Bonchev–Trinajstić information content (AvgIpc) is 3.18. The first kappa shape index (κ1) is 10.6. The highest BCUT2D eigenvalue weighted by molar-refractivity contribution is 5.95. The summed E-state index contributed by atoms with van der Waals surface area (Å²) in [6.07, 6.45) is 6.35. The number of para-hydroxylation sites is 1. The molecule has 0 spiro atoms. The minimum absolute atomic E-state index is 0.338. The first-order chi connectivity index (χ1) is 9.33. The van der Waals surface area contributed by atoms with Crippen molar-refractivity contribution in [1.29, 1.82) is 0 Å². The summed E-state index contributed by atoms with van der Waals surface area (Å²) in [5.74, 6) is 0.939. The molecule has 4 heteroatoms. The molecule has 4 rings (SSSR count). The smallest absolute Gasteiger partial charge is 0.220 e. The van der Waals surface area contributed by atoms with Gasteiger partial charge >= 0.3 is 0 Å². The molecule has 4 nitrogen and oxygen atoms in total. The van der Waals surface area contributed by atoms with Gasteiger partial charge in [-0.05, 0) is 24.8 Å². The van der Waals surface area contributed by atoms with Crippen molar-refractivity contribution < 1.29 is 0 Å². The van der Waals surface area contributed by atoms with Crippen LogP contribution in [0.3, 0.4) is 0 Å². The summed E-state index contributed by atoms with van der Waals surface area (Å²) >= 11 is 0. The molecule has 0 radical (unpaired) electrons. The molecule has 1 aromatic carbocycles. The van der Waals surface area contributed by atoms with E-state index in [2.05, 4.69) is 27.1 Å². The Bertz CT molecular complexity index is 756. The Balaban J connectivity index is 1.98. The van der Waals surface area contributed by atoms with E-state index in [-0.39, 0.29) is 0 Å². The van der Waals surface area contributed by atoms with Gasteiger partial charge in [-0.3, -0.25) is 0 Å². The van der Waals surface area contributed by atoms with E-state index in [0.29, 0.717) is 11.9 Å². The number of aromatic nitrogens is 3. The van der Waals surface area contributed by atoms with Crippen molar-refractivity contribution >= 4 is 16.9 Å². The molecule has 0 atom stereocenters. The largest absolute Gasteiger partial charge is 0.368 e. The molecule has 2 heterocycles. The van der Waals surface area contributed by atoms with Crippen LogP contribution in [0.4, 0.5) is 5.95 Å². The minimum atomic E-state index is 0.338. The third-order valence-corrected chi connectivity index (χ3v) is 3.70. The normalized spacial score (nSPS) is 14.9.